The Kier molecular flexibility index (Phi) is 3.89. The molecule has 1 aromatic heterocycles. The van der Waals surface area contributed by atoms with Gasteiger partial charge in [0.15, 0.2) is 0 Å². The zero-order valence-electron chi connectivity index (χ0n) is 15.0. The molecule has 25 heavy (non-hydrogen) atoms. The molecule has 1 amide bonds. The van der Waals surface area contributed by atoms with Crippen LogP contribution in [-0.4, -0.2) is 42.0 Å². The van der Waals surface area contributed by atoms with Gasteiger partial charge in [0.2, 0.25) is 6.23 Å². The molecule has 5 nitrogen and oxygen atoms in total. The molecular weight excluding hydrogens is 316 g/mol. The molecule has 0 spiro atoms. The second kappa shape index (κ2) is 5.85. The maximum absolute atomic E-state index is 12.3. The number of quaternary nitrogens is 1. The molecule has 3 heterocycles. The summed E-state index contributed by atoms with van der Waals surface area (Å²) in [6.07, 6.45) is 3.00. The lowest BCUT2D eigenvalue weighted by atomic mass is 9.70. The van der Waals surface area contributed by atoms with E-state index in [1.807, 2.05) is 12.1 Å². The molecule has 2 aromatic rings. The minimum Gasteiger partial charge on any atom is -0.498 e. The van der Waals surface area contributed by atoms with Crippen molar-refractivity contribution >= 4 is 17.0 Å². The van der Waals surface area contributed by atoms with Crippen LogP contribution in [0.25, 0.3) is 10.9 Å². The van der Waals surface area contributed by atoms with Crippen molar-refractivity contribution in [1.29, 1.82) is 0 Å². The Morgan fingerprint density at radius 3 is 2.92 bits per heavy atom. The zero-order valence-corrected chi connectivity index (χ0v) is 15.0. The number of hydrogen-bond donors (Lipinski definition) is 1. The van der Waals surface area contributed by atoms with Gasteiger partial charge < -0.3 is 19.6 Å². The van der Waals surface area contributed by atoms with Crippen LogP contribution in [0.2, 0.25) is 0 Å². The van der Waals surface area contributed by atoms with Crippen molar-refractivity contribution in [3.8, 4) is 0 Å². The third-order valence-corrected chi connectivity index (χ3v) is 6.69. The largest absolute Gasteiger partial charge is 0.498 e. The highest BCUT2D eigenvalue weighted by Crippen LogP contribution is 2.48. The summed E-state index contributed by atoms with van der Waals surface area (Å²) in [6.45, 7) is 3.28. The van der Waals surface area contributed by atoms with Crippen LogP contribution >= 0.6 is 0 Å². The Bertz CT molecular complexity index is 814. The van der Waals surface area contributed by atoms with Gasteiger partial charge in [0.25, 0.3) is 6.09 Å². The van der Waals surface area contributed by atoms with Gasteiger partial charge in [0, 0.05) is 36.5 Å². The van der Waals surface area contributed by atoms with E-state index in [-0.39, 0.29) is 16.1 Å². The topological polar surface area (TPSA) is 65.1 Å². The van der Waals surface area contributed by atoms with Crippen molar-refractivity contribution in [1.82, 2.24) is 4.98 Å². The van der Waals surface area contributed by atoms with Gasteiger partial charge in [-0.15, -0.1) is 0 Å². The number of para-hydroxylation sites is 1. The van der Waals surface area contributed by atoms with Crippen LogP contribution in [-0.2, 0) is 17.6 Å². The molecule has 1 aromatic carbocycles. The quantitative estimate of drug-likeness (QED) is 0.853. The Hall–Kier alpha value is -1.85. The predicted octanol–water partition coefficient (Wildman–Crippen LogP) is 2.59. The average molecular weight is 342 g/mol. The number of piperidine rings is 1. The molecule has 134 valence electrons. The van der Waals surface area contributed by atoms with E-state index in [4.69, 9.17) is 4.74 Å². The molecule has 1 unspecified atom stereocenters. The molecule has 4 rings (SSSR count). The van der Waals surface area contributed by atoms with E-state index in [0.29, 0.717) is 13.1 Å². The van der Waals surface area contributed by atoms with Crippen LogP contribution in [0.1, 0.15) is 37.4 Å². The summed E-state index contributed by atoms with van der Waals surface area (Å²) in [5.41, 5.74) is 3.49. The van der Waals surface area contributed by atoms with Gasteiger partial charge in [-0.25, -0.2) is 4.48 Å². The van der Waals surface area contributed by atoms with Crippen LogP contribution in [0.4, 0.5) is 4.79 Å². The number of aromatic nitrogens is 1. The second-order valence-corrected chi connectivity index (χ2v) is 7.71. The molecule has 2 aliphatic heterocycles. The van der Waals surface area contributed by atoms with E-state index in [0.717, 1.165) is 37.6 Å². The Morgan fingerprint density at radius 2 is 2.20 bits per heavy atom. The highest BCUT2D eigenvalue weighted by molar-refractivity contribution is 5.84. The van der Waals surface area contributed by atoms with E-state index >= 15 is 0 Å². The summed E-state index contributed by atoms with van der Waals surface area (Å²) in [4.78, 5) is 15.9. The third-order valence-electron chi connectivity index (χ3n) is 6.69. The van der Waals surface area contributed by atoms with Crippen molar-refractivity contribution in [2.24, 2.45) is 5.41 Å². The number of carboxylic acid groups (broad SMARTS) is 1. The number of benzene rings is 1. The fraction of sp³-hybridized carbons (Fsp3) is 0.550. The van der Waals surface area contributed by atoms with Crippen molar-refractivity contribution in [2.45, 2.75) is 45.3 Å². The van der Waals surface area contributed by atoms with Crippen molar-refractivity contribution < 1.29 is 19.1 Å². The molecule has 3 atom stereocenters. The Morgan fingerprint density at radius 1 is 1.40 bits per heavy atom. The standard InChI is InChI=1S/C20H26N2O3/c1-3-20-10-6-11-22(19(23)24,18(20)25-2)12-9-15-14-7-4-5-8-16(14)21-17(15)13-20/h4-5,7-8,18,21H,3,6,9-13H2,1-2H3/t18-,20+,22?/m0/s1. The number of carbonyl (C=O) groups is 1. The minimum atomic E-state index is -0.993. The van der Waals surface area contributed by atoms with E-state index in [1.165, 1.54) is 16.6 Å². The summed E-state index contributed by atoms with van der Waals surface area (Å²) in [5, 5.41) is 13.5. The van der Waals surface area contributed by atoms with Gasteiger partial charge >= 0.3 is 0 Å². The number of ether oxygens (including phenoxy) is 1. The lowest BCUT2D eigenvalue weighted by Gasteiger charge is -2.55. The molecule has 1 N–H and O–H groups in total. The summed E-state index contributed by atoms with van der Waals surface area (Å²) in [5.74, 6) is 0. The van der Waals surface area contributed by atoms with Gasteiger partial charge in [0.05, 0.1) is 18.5 Å². The van der Waals surface area contributed by atoms with Crippen LogP contribution in [0.3, 0.4) is 0 Å². The van der Waals surface area contributed by atoms with Gasteiger partial charge in [-0.1, -0.05) is 25.1 Å². The average Bonchev–Trinajstić information content (AvgIpc) is 2.95. The Labute approximate surface area is 148 Å². The monoisotopic (exact) mass is 342 g/mol. The van der Waals surface area contributed by atoms with Crippen LogP contribution in [0.15, 0.2) is 24.3 Å². The number of methoxy groups -OCH3 is 1. The first-order chi connectivity index (χ1) is 12.1. The number of fused-ring (bicyclic) bond motifs is 5. The van der Waals surface area contributed by atoms with E-state index in [9.17, 15) is 9.90 Å². The fourth-order valence-corrected chi connectivity index (χ4v) is 5.45. The predicted molar refractivity (Wildman–Crippen MR) is 93.9 cm³/mol. The van der Waals surface area contributed by atoms with Crippen LogP contribution in [0.5, 0.6) is 0 Å². The first-order valence-electron chi connectivity index (χ1n) is 9.26. The molecule has 1 saturated heterocycles. The summed E-state index contributed by atoms with van der Waals surface area (Å²) < 4.78 is 5.81. The van der Waals surface area contributed by atoms with E-state index < -0.39 is 6.09 Å². The lowest BCUT2D eigenvalue weighted by Crippen LogP contribution is -2.72. The normalized spacial score (nSPS) is 32.0. The minimum absolute atomic E-state index is 0.0662. The lowest BCUT2D eigenvalue weighted by molar-refractivity contribution is -0.936. The summed E-state index contributed by atoms with van der Waals surface area (Å²) in [7, 11) is 1.66. The van der Waals surface area contributed by atoms with Crippen molar-refractivity contribution in [2.75, 3.05) is 20.2 Å². The molecule has 0 radical (unpaired) electrons. The highest BCUT2D eigenvalue weighted by atomic mass is 16.5. The second-order valence-electron chi connectivity index (χ2n) is 7.71. The summed E-state index contributed by atoms with van der Waals surface area (Å²) >= 11 is 0. The van der Waals surface area contributed by atoms with Gasteiger partial charge in [-0.05, 0) is 30.9 Å². The first-order valence-corrected chi connectivity index (χ1v) is 9.26. The number of amides is 1. The van der Waals surface area contributed by atoms with Gasteiger partial charge in [-0.2, -0.15) is 0 Å². The molecule has 1 fully saturated rings. The van der Waals surface area contributed by atoms with Crippen molar-refractivity contribution in [3.63, 3.8) is 0 Å². The zero-order chi connectivity index (χ0) is 17.7. The molecule has 5 heteroatoms. The number of carbonyl (C=O) groups excluding carboxylic acids is 1. The first kappa shape index (κ1) is 16.6. The van der Waals surface area contributed by atoms with Crippen molar-refractivity contribution in [3.05, 3.63) is 35.5 Å². The smallest absolute Gasteiger partial charge is 0.259 e. The number of H-pyrrole nitrogens is 1. The van der Waals surface area contributed by atoms with E-state index in [2.05, 4.69) is 24.0 Å². The molecule has 2 aliphatic rings. The highest BCUT2D eigenvalue weighted by Gasteiger charge is 2.56. The maximum atomic E-state index is 12.3. The fourth-order valence-electron chi connectivity index (χ4n) is 5.45. The summed E-state index contributed by atoms with van der Waals surface area (Å²) in [6, 6.07) is 8.32. The number of hydrogen-bond acceptors (Lipinski definition) is 3. The van der Waals surface area contributed by atoms with Crippen LogP contribution in [0, 0.1) is 5.41 Å². The number of rotatable bonds is 2. The maximum Gasteiger partial charge on any atom is 0.259 e. The molecule has 0 saturated carbocycles. The number of nitrogens with zero attached hydrogens (tertiary/aromatic N) is 1. The molecule has 0 aliphatic carbocycles. The SMILES string of the molecule is CC[C@@]12CCC[N+](C(=O)[O-])(CCc3c([nH]c4ccccc34)C1)[C@H]2OC. The van der Waals surface area contributed by atoms with Gasteiger partial charge in [0.1, 0.15) is 0 Å². The number of nitrogens with one attached hydrogen (secondary N) is 1. The molecular formula is C20H26N2O3. The van der Waals surface area contributed by atoms with Crippen LogP contribution < -0.4 is 5.11 Å². The Balaban J connectivity index is 1.92. The molecule has 2 bridgehead atoms. The van der Waals surface area contributed by atoms with Gasteiger partial charge in [-0.3, -0.25) is 0 Å². The third kappa shape index (κ3) is 2.26. The number of aromatic amines is 1. The van der Waals surface area contributed by atoms with E-state index in [1.54, 1.807) is 7.11 Å².